The molecular formula is C21H33N3O5S. The maximum atomic E-state index is 13.3. The lowest BCUT2D eigenvalue weighted by molar-refractivity contribution is -0.158. The number of ether oxygens (including phenoxy) is 2. The molecule has 0 bridgehead atoms. The molecule has 2 aliphatic rings. The van der Waals surface area contributed by atoms with Crippen LogP contribution in [0.5, 0.6) is 5.75 Å². The van der Waals surface area contributed by atoms with Crippen molar-refractivity contribution < 1.29 is 22.7 Å². The molecule has 2 saturated heterocycles. The molecule has 0 spiro atoms. The van der Waals surface area contributed by atoms with Gasteiger partial charge in [-0.05, 0) is 57.7 Å². The topological polar surface area (TPSA) is 97.0 Å². The van der Waals surface area contributed by atoms with Crippen LogP contribution in [-0.2, 0) is 26.0 Å². The van der Waals surface area contributed by atoms with Gasteiger partial charge in [-0.15, -0.1) is 0 Å². The summed E-state index contributed by atoms with van der Waals surface area (Å²) in [6, 6.07) is 7.28. The van der Waals surface area contributed by atoms with Gasteiger partial charge in [0.1, 0.15) is 11.0 Å². The standard InChI is InChI=1S/C21H33N3O5S/c1-5-29-20(25)21(14-17-6-8-18(28-4)9-7-17)10-12-24(13-11-21)30(26,27)19-15(2)22-23-16(19)3/h6-9,15-16,19,22-23H,5,10-14H2,1-4H3. The zero-order valence-electron chi connectivity index (χ0n) is 18.2. The van der Waals surface area contributed by atoms with Crippen molar-refractivity contribution in [1.29, 1.82) is 0 Å². The van der Waals surface area contributed by atoms with Crippen LogP contribution in [0.3, 0.4) is 0 Å². The Labute approximate surface area is 179 Å². The predicted molar refractivity (Wildman–Crippen MR) is 114 cm³/mol. The molecule has 3 rings (SSSR count). The van der Waals surface area contributed by atoms with Crippen LogP contribution < -0.4 is 15.6 Å². The number of benzene rings is 1. The summed E-state index contributed by atoms with van der Waals surface area (Å²) in [5.74, 6) is 0.510. The van der Waals surface area contributed by atoms with Crippen molar-refractivity contribution in [2.75, 3.05) is 26.8 Å². The van der Waals surface area contributed by atoms with Crippen LogP contribution in [0.4, 0.5) is 0 Å². The van der Waals surface area contributed by atoms with Crippen LogP contribution in [0.2, 0.25) is 0 Å². The van der Waals surface area contributed by atoms with Crippen LogP contribution in [0, 0.1) is 5.41 Å². The summed E-state index contributed by atoms with van der Waals surface area (Å²) >= 11 is 0. The Morgan fingerprint density at radius 3 is 2.20 bits per heavy atom. The molecule has 0 aliphatic carbocycles. The molecule has 2 heterocycles. The second-order valence-electron chi connectivity index (χ2n) is 8.30. The Bertz CT molecular complexity index is 825. The number of piperidine rings is 1. The third-order valence-electron chi connectivity index (χ3n) is 6.32. The minimum Gasteiger partial charge on any atom is -0.497 e. The maximum absolute atomic E-state index is 13.3. The van der Waals surface area contributed by atoms with Crippen molar-refractivity contribution in [1.82, 2.24) is 15.2 Å². The molecule has 30 heavy (non-hydrogen) atoms. The minimum absolute atomic E-state index is 0.180. The van der Waals surface area contributed by atoms with E-state index in [2.05, 4.69) is 10.9 Å². The van der Waals surface area contributed by atoms with E-state index in [0.717, 1.165) is 11.3 Å². The molecule has 0 amide bonds. The first-order valence-corrected chi connectivity index (χ1v) is 12.0. The lowest BCUT2D eigenvalue weighted by atomic mass is 9.74. The molecule has 2 atom stereocenters. The quantitative estimate of drug-likeness (QED) is 0.621. The third-order valence-corrected chi connectivity index (χ3v) is 8.91. The number of hydrazine groups is 1. The maximum Gasteiger partial charge on any atom is 0.312 e. The molecule has 0 radical (unpaired) electrons. The molecule has 0 aromatic heterocycles. The van der Waals surface area contributed by atoms with Gasteiger partial charge in [0.25, 0.3) is 0 Å². The molecule has 1 aromatic rings. The monoisotopic (exact) mass is 439 g/mol. The van der Waals surface area contributed by atoms with Crippen molar-refractivity contribution in [2.45, 2.75) is 57.4 Å². The number of nitrogens with zero attached hydrogens (tertiary/aromatic N) is 1. The molecule has 1 aromatic carbocycles. The van der Waals surface area contributed by atoms with Gasteiger partial charge in [-0.25, -0.2) is 12.7 Å². The normalized spacial score (nSPS) is 27.0. The van der Waals surface area contributed by atoms with E-state index in [9.17, 15) is 13.2 Å². The van der Waals surface area contributed by atoms with Crippen molar-refractivity contribution in [3.8, 4) is 5.75 Å². The number of carbonyl (C=O) groups is 1. The van der Waals surface area contributed by atoms with Gasteiger partial charge in [-0.2, -0.15) is 0 Å². The molecule has 2 unspecified atom stereocenters. The van der Waals surface area contributed by atoms with E-state index in [1.165, 1.54) is 0 Å². The van der Waals surface area contributed by atoms with E-state index < -0.39 is 20.7 Å². The number of hydrogen-bond donors (Lipinski definition) is 2. The predicted octanol–water partition coefficient (Wildman–Crippen LogP) is 1.47. The van der Waals surface area contributed by atoms with E-state index in [-0.39, 0.29) is 18.1 Å². The minimum atomic E-state index is -3.49. The van der Waals surface area contributed by atoms with Gasteiger partial charge in [0, 0.05) is 25.2 Å². The molecule has 2 aliphatic heterocycles. The van der Waals surface area contributed by atoms with Crippen LogP contribution >= 0.6 is 0 Å². The van der Waals surface area contributed by atoms with Gasteiger partial charge in [-0.1, -0.05) is 12.1 Å². The number of esters is 1. The van der Waals surface area contributed by atoms with Gasteiger partial charge in [0.05, 0.1) is 19.1 Å². The highest BCUT2D eigenvalue weighted by molar-refractivity contribution is 7.89. The highest BCUT2D eigenvalue weighted by atomic mass is 32.2. The lowest BCUT2D eigenvalue weighted by Gasteiger charge is -2.40. The van der Waals surface area contributed by atoms with E-state index in [1.54, 1.807) is 18.3 Å². The summed E-state index contributed by atoms with van der Waals surface area (Å²) in [4.78, 5) is 12.9. The zero-order valence-corrected chi connectivity index (χ0v) is 19.0. The van der Waals surface area contributed by atoms with Gasteiger partial charge in [-0.3, -0.25) is 15.6 Å². The van der Waals surface area contributed by atoms with Crippen LogP contribution in [-0.4, -0.2) is 62.8 Å². The molecule has 2 N–H and O–H groups in total. The van der Waals surface area contributed by atoms with Crippen molar-refractivity contribution >= 4 is 16.0 Å². The second kappa shape index (κ2) is 9.21. The van der Waals surface area contributed by atoms with E-state index in [4.69, 9.17) is 9.47 Å². The van der Waals surface area contributed by atoms with E-state index in [1.807, 2.05) is 38.1 Å². The number of sulfonamides is 1. The van der Waals surface area contributed by atoms with Crippen molar-refractivity contribution in [2.24, 2.45) is 5.41 Å². The number of hydrogen-bond acceptors (Lipinski definition) is 7. The summed E-state index contributed by atoms with van der Waals surface area (Å²) in [5, 5.41) is -0.533. The van der Waals surface area contributed by atoms with Gasteiger partial charge >= 0.3 is 5.97 Å². The van der Waals surface area contributed by atoms with Crippen LogP contribution in [0.1, 0.15) is 39.2 Å². The van der Waals surface area contributed by atoms with E-state index >= 15 is 0 Å². The van der Waals surface area contributed by atoms with Crippen LogP contribution in [0.25, 0.3) is 0 Å². The van der Waals surface area contributed by atoms with Crippen molar-refractivity contribution in [3.63, 3.8) is 0 Å². The molecule has 8 nitrogen and oxygen atoms in total. The Kier molecular flexibility index (Phi) is 7.06. The molecule has 9 heteroatoms. The Morgan fingerprint density at radius 2 is 1.70 bits per heavy atom. The first-order valence-electron chi connectivity index (χ1n) is 10.5. The lowest BCUT2D eigenvalue weighted by Crippen LogP contribution is -2.53. The molecule has 168 valence electrons. The summed E-state index contributed by atoms with van der Waals surface area (Å²) in [7, 11) is -1.88. The van der Waals surface area contributed by atoms with Crippen molar-refractivity contribution in [3.05, 3.63) is 29.8 Å². The fourth-order valence-electron chi connectivity index (χ4n) is 4.59. The van der Waals surface area contributed by atoms with Gasteiger partial charge < -0.3 is 9.47 Å². The highest BCUT2D eigenvalue weighted by Crippen LogP contribution is 2.38. The fourth-order valence-corrected chi connectivity index (χ4v) is 6.79. The van der Waals surface area contributed by atoms with Gasteiger partial charge in [0.15, 0.2) is 0 Å². The number of rotatable bonds is 7. The number of nitrogens with one attached hydrogen (secondary N) is 2. The summed E-state index contributed by atoms with van der Waals surface area (Å²) in [6.07, 6.45) is 1.39. The summed E-state index contributed by atoms with van der Waals surface area (Å²) in [6.45, 7) is 6.46. The van der Waals surface area contributed by atoms with E-state index in [0.29, 0.717) is 39.0 Å². The Balaban J connectivity index is 1.78. The third kappa shape index (κ3) is 4.49. The van der Waals surface area contributed by atoms with Gasteiger partial charge in [0.2, 0.25) is 10.0 Å². The Morgan fingerprint density at radius 1 is 1.13 bits per heavy atom. The molecule has 0 saturated carbocycles. The first-order chi connectivity index (χ1) is 14.2. The highest BCUT2D eigenvalue weighted by Gasteiger charge is 2.49. The van der Waals surface area contributed by atoms with Crippen LogP contribution in [0.15, 0.2) is 24.3 Å². The largest absolute Gasteiger partial charge is 0.497 e. The summed E-state index contributed by atoms with van der Waals surface area (Å²) in [5.41, 5.74) is 6.32. The average molecular weight is 440 g/mol. The average Bonchev–Trinajstić information content (AvgIpc) is 3.08. The fraction of sp³-hybridized carbons (Fsp3) is 0.667. The Hall–Kier alpha value is -1.68. The smallest absolute Gasteiger partial charge is 0.312 e. The number of carbonyl (C=O) groups excluding carboxylic acids is 1. The SMILES string of the molecule is CCOC(=O)C1(Cc2ccc(OC)cc2)CCN(S(=O)(=O)C2C(C)NNC2C)CC1. The molecule has 2 fully saturated rings. The zero-order chi connectivity index (χ0) is 21.9. The molecular weight excluding hydrogens is 406 g/mol. The first kappa shape index (κ1) is 23.0. The summed E-state index contributed by atoms with van der Waals surface area (Å²) < 4.78 is 38.7. The second-order valence-corrected chi connectivity index (χ2v) is 10.4. The number of methoxy groups -OCH3 is 1.